The van der Waals surface area contributed by atoms with Gasteiger partial charge in [0.25, 0.3) is 0 Å². The second kappa shape index (κ2) is 9.74. The average Bonchev–Trinajstić information content (AvgIpc) is 3.00. The molecule has 1 heterocycles. The quantitative estimate of drug-likeness (QED) is 0.689. The summed E-state index contributed by atoms with van der Waals surface area (Å²) < 4.78 is 32.7. The van der Waals surface area contributed by atoms with Crippen LogP contribution < -0.4 is 0 Å². The van der Waals surface area contributed by atoms with Crippen LogP contribution in [0.25, 0.3) is 0 Å². The van der Waals surface area contributed by atoms with Gasteiger partial charge in [-0.25, -0.2) is 13.2 Å². The average molecular weight is 409 g/mol. The molecule has 1 saturated carbocycles. The van der Waals surface area contributed by atoms with Gasteiger partial charge >= 0.3 is 6.09 Å². The van der Waals surface area contributed by atoms with Crippen LogP contribution in [-0.2, 0) is 20.5 Å². The first kappa shape index (κ1) is 21.1. The summed E-state index contributed by atoms with van der Waals surface area (Å²) in [7, 11) is -3.46. The molecule has 7 heteroatoms. The Morgan fingerprint density at radius 1 is 1.07 bits per heavy atom. The number of rotatable bonds is 7. The topological polar surface area (TPSA) is 66.9 Å². The second-order valence-electron chi connectivity index (χ2n) is 7.85. The van der Waals surface area contributed by atoms with E-state index in [1.54, 1.807) is 0 Å². The number of benzene rings is 1. The molecule has 1 amide bonds. The SMILES string of the molecule is CCN(C[C@@H]1CN(C2CCCCCCC2)C(=O)O1)S(=O)(=O)Cc1ccccc1. The van der Waals surface area contributed by atoms with Crippen LogP contribution in [0.2, 0.25) is 0 Å². The highest BCUT2D eigenvalue weighted by molar-refractivity contribution is 7.88. The summed E-state index contributed by atoms with van der Waals surface area (Å²) in [5.74, 6) is -0.0330. The van der Waals surface area contributed by atoms with Crippen LogP contribution in [0.1, 0.15) is 57.4 Å². The molecule has 1 aliphatic heterocycles. The molecule has 1 aromatic carbocycles. The lowest BCUT2D eigenvalue weighted by Gasteiger charge is -2.27. The summed E-state index contributed by atoms with van der Waals surface area (Å²) in [6.45, 7) is 2.90. The molecule has 0 unspecified atom stereocenters. The minimum absolute atomic E-state index is 0.0330. The van der Waals surface area contributed by atoms with E-state index in [9.17, 15) is 13.2 Å². The monoisotopic (exact) mass is 408 g/mol. The lowest BCUT2D eigenvalue weighted by molar-refractivity contribution is 0.118. The van der Waals surface area contributed by atoms with Crippen molar-refractivity contribution < 1.29 is 17.9 Å². The number of carbonyl (C=O) groups excluding carboxylic acids is 1. The largest absolute Gasteiger partial charge is 0.443 e. The zero-order valence-corrected chi connectivity index (χ0v) is 17.6. The highest BCUT2D eigenvalue weighted by Gasteiger charge is 2.38. The Kier molecular flexibility index (Phi) is 7.35. The molecule has 0 bridgehead atoms. The van der Waals surface area contributed by atoms with Crippen molar-refractivity contribution in [2.45, 2.75) is 69.8 Å². The molecule has 2 fully saturated rings. The van der Waals surface area contributed by atoms with Crippen molar-refractivity contribution in [3.8, 4) is 0 Å². The zero-order chi connectivity index (χ0) is 20.0. The van der Waals surface area contributed by atoms with Crippen molar-refractivity contribution in [2.75, 3.05) is 19.6 Å². The Labute approximate surface area is 168 Å². The van der Waals surface area contributed by atoms with E-state index >= 15 is 0 Å². The Morgan fingerprint density at radius 3 is 2.36 bits per heavy atom. The van der Waals surface area contributed by atoms with Gasteiger partial charge in [0.2, 0.25) is 10.0 Å². The molecule has 0 aromatic heterocycles. The summed E-state index contributed by atoms with van der Waals surface area (Å²) in [5.41, 5.74) is 0.764. The van der Waals surface area contributed by atoms with E-state index in [1.165, 1.54) is 23.6 Å². The van der Waals surface area contributed by atoms with Gasteiger partial charge in [0.15, 0.2) is 0 Å². The maximum atomic E-state index is 12.8. The molecule has 1 aliphatic carbocycles. The third kappa shape index (κ3) is 5.47. The van der Waals surface area contributed by atoms with Crippen molar-refractivity contribution in [1.82, 2.24) is 9.21 Å². The molecule has 1 saturated heterocycles. The van der Waals surface area contributed by atoms with Gasteiger partial charge in [-0.3, -0.25) is 0 Å². The fourth-order valence-electron chi connectivity index (χ4n) is 4.22. The molecule has 6 nitrogen and oxygen atoms in total. The first-order valence-electron chi connectivity index (χ1n) is 10.5. The highest BCUT2D eigenvalue weighted by Crippen LogP contribution is 2.26. The molecule has 156 valence electrons. The fourth-order valence-corrected chi connectivity index (χ4v) is 5.81. The lowest BCUT2D eigenvalue weighted by Crippen LogP contribution is -2.41. The fraction of sp³-hybridized carbons (Fsp3) is 0.667. The minimum atomic E-state index is -3.46. The van der Waals surface area contributed by atoms with Crippen LogP contribution in [0, 0.1) is 0 Å². The van der Waals surface area contributed by atoms with Crippen molar-refractivity contribution in [3.63, 3.8) is 0 Å². The Balaban J connectivity index is 1.61. The van der Waals surface area contributed by atoms with E-state index < -0.39 is 16.1 Å². The van der Waals surface area contributed by atoms with Gasteiger partial charge in [-0.15, -0.1) is 0 Å². The number of sulfonamides is 1. The molecule has 3 rings (SSSR count). The first-order chi connectivity index (χ1) is 13.5. The molecule has 28 heavy (non-hydrogen) atoms. The first-order valence-corrected chi connectivity index (χ1v) is 12.1. The van der Waals surface area contributed by atoms with Crippen LogP contribution in [0.4, 0.5) is 4.79 Å². The van der Waals surface area contributed by atoms with Crippen LogP contribution in [0.15, 0.2) is 30.3 Å². The third-order valence-corrected chi connectivity index (χ3v) is 7.66. The Morgan fingerprint density at radius 2 is 1.71 bits per heavy atom. The van der Waals surface area contributed by atoms with Crippen LogP contribution in [-0.4, -0.2) is 55.5 Å². The number of hydrogen-bond acceptors (Lipinski definition) is 4. The molecule has 1 atom stereocenters. The van der Waals surface area contributed by atoms with Gasteiger partial charge < -0.3 is 9.64 Å². The van der Waals surface area contributed by atoms with Gasteiger partial charge in [0.1, 0.15) is 6.10 Å². The number of nitrogens with zero attached hydrogens (tertiary/aromatic N) is 2. The molecule has 1 aromatic rings. The number of ether oxygens (including phenoxy) is 1. The van der Waals surface area contributed by atoms with Crippen molar-refractivity contribution >= 4 is 16.1 Å². The van der Waals surface area contributed by atoms with Gasteiger partial charge in [0.05, 0.1) is 18.8 Å². The van der Waals surface area contributed by atoms with Crippen molar-refractivity contribution in [3.05, 3.63) is 35.9 Å². The second-order valence-corrected chi connectivity index (χ2v) is 9.82. The molecule has 0 radical (unpaired) electrons. The van der Waals surface area contributed by atoms with E-state index in [1.807, 2.05) is 42.2 Å². The van der Waals surface area contributed by atoms with E-state index in [2.05, 4.69) is 0 Å². The van der Waals surface area contributed by atoms with E-state index in [0.29, 0.717) is 13.1 Å². The van der Waals surface area contributed by atoms with Crippen molar-refractivity contribution in [1.29, 1.82) is 0 Å². The maximum Gasteiger partial charge on any atom is 0.410 e. The Bertz CT molecular complexity index is 730. The zero-order valence-electron chi connectivity index (χ0n) is 16.8. The summed E-state index contributed by atoms with van der Waals surface area (Å²) in [5, 5.41) is 0. The number of hydrogen-bond donors (Lipinski definition) is 0. The third-order valence-electron chi connectivity index (χ3n) is 5.76. The smallest absolute Gasteiger partial charge is 0.410 e. The van der Waals surface area contributed by atoms with Crippen molar-refractivity contribution in [2.24, 2.45) is 0 Å². The molecule has 2 aliphatic rings. The predicted octanol–water partition coefficient (Wildman–Crippen LogP) is 3.77. The van der Waals surface area contributed by atoms with Crippen LogP contribution in [0.3, 0.4) is 0 Å². The molecule has 0 spiro atoms. The van der Waals surface area contributed by atoms with Crippen LogP contribution in [0.5, 0.6) is 0 Å². The van der Waals surface area contributed by atoms with E-state index in [4.69, 9.17) is 4.74 Å². The standard InChI is InChI=1S/C21H32N2O4S/c1-2-22(28(25,26)17-18-11-7-6-8-12-18)15-20-16-23(21(24)27-20)19-13-9-4-3-5-10-14-19/h6-8,11-12,19-20H,2-5,9-10,13-17H2,1H3/t20-/m1/s1. The van der Waals surface area contributed by atoms with E-state index in [0.717, 1.165) is 31.2 Å². The Hall–Kier alpha value is -1.60. The van der Waals surface area contributed by atoms with Gasteiger partial charge in [0, 0.05) is 12.6 Å². The van der Waals surface area contributed by atoms with Gasteiger partial charge in [-0.1, -0.05) is 69.4 Å². The molecular formula is C21H32N2O4S. The number of likely N-dealkylation sites (N-methyl/N-ethyl adjacent to an activating group) is 1. The van der Waals surface area contributed by atoms with Gasteiger partial charge in [-0.2, -0.15) is 4.31 Å². The molecular weight excluding hydrogens is 376 g/mol. The molecule has 0 N–H and O–H groups in total. The number of cyclic esters (lactones) is 1. The summed E-state index contributed by atoms with van der Waals surface area (Å²) in [4.78, 5) is 14.3. The summed E-state index contributed by atoms with van der Waals surface area (Å²) in [6, 6.07) is 9.41. The summed E-state index contributed by atoms with van der Waals surface area (Å²) in [6.07, 6.45) is 7.38. The highest BCUT2D eigenvalue weighted by atomic mass is 32.2. The van der Waals surface area contributed by atoms with Crippen LogP contribution >= 0.6 is 0 Å². The minimum Gasteiger partial charge on any atom is -0.443 e. The maximum absolute atomic E-state index is 12.8. The number of carbonyl (C=O) groups is 1. The predicted molar refractivity (Wildman–Crippen MR) is 109 cm³/mol. The lowest BCUT2D eigenvalue weighted by atomic mass is 9.96. The normalized spacial score (nSPS) is 22.1. The summed E-state index contributed by atoms with van der Waals surface area (Å²) >= 11 is 0. The van der Waals surface area contributed by atoms with Gasteiger partial charge in [-0.05, 0) is 18.4 Å². The van der Waals surface area contributed by atoms with E-state index in [-0.39, 0.29) is 24.4 Å². The number of amides is 1.